The number of nitrogens with zero attached hydrogens (tertiary/aromatic N) is 2. The maximum absolute atomic E-state index is 12.5. The molecule has 1 aliphatic rings. The Morgan fingerprint density at radius 2 is 1.93 bits per heavy atom. The maximum atomic E-state index is 12.5. The molecule has 0 spiro atoms. The average Bonchev–Trinajstić information content (AvgIpc) is 2.64. The molecule has 0 aliphatic heterocycles. The highest BCUT2D eigenvalue weighted by Gasteiger charge is 2.26. The van der Waals surface area contributed by atoms with E-state index in [1.807, 2.05) is 31.2 Å². The van der Waals surface area contributed by atoms with Crippen molar-refractivity contribution in [3.05, 3.63) is 68.0 Å². The second kappa shape index (κ2) is 6.50. The molecule has 7 heteroatoms. The summed E-state index contributed by atoms with van der Waals surface area (Å²) >= 11 is 0. The molecule has 2 heterocycles. The van der Waals surface area contributed by atoms with Crippen molar-refractivity contribution >= 4 is 16.8 Å². The standard InChI is InChI=1S/C20H19N3O4/c1-11-7-14-15(16(24)8-11)9-21-18-17(14)19(25)22-20(26)23(18)10-12-3-5-13(27-2)6-4-12/h3-6,9,11H,7-8,10H2,1-2H3,(H,22,25,26)/t11-/m0/s1. The first-order valence-corrected chi connectivity index (χ1v) is 8.78. The number of pyridine rings is 1. The largest absolute Gasteiger partial charge is 0.497 e. The number of hydrogen-bond acceptors (Lipinski definition) is 5. The Morgan fingerprint density at radius 3 is 2.63 bits per heavy atom. The van der Waals surface area contributed by atoms with Crippen molar-refractivity contribution in [3.63, 3.8) is 0 Å². The Kier molecular flexibility index (Phi) is 4.14. The SMILES string of the molecule is COc1ccc(Cn2c(=O)[nH]c(=O)c3c4c(cnc32)C(=O)C[C@@H](C)C4)cc1. The highest BCUT2D eigenvalue weighted by Crippen LogP contribution is 2.28. The summed E-state index contributed by atoms with van der Waals surface area (Å²) in [6.45, 7) is 2.24. The van der Waals surface area contributed by atoms with E-state index in [9.17, 15) is 14.4 Å². The van der Waals surface area contributed by atoms with E-state index < -0.39 is 11.2 Å². The molecular formula is C20H19N3O4. The van der Waals surface area contributed by atoms with Crippen LogP contribution in [-0.2, 0) is 13.0 Å². The van der Waals surface area contributed by atoms with Crippen molar-refractivity contribution in [2.75, 3.05) is 7.11 Å². The number of Topliss-reactive ketones (excluding diaryl/α,β-unsaturated/α-hetero) is 1. The summed E-state index contributed by atoms with van der Waals surface area (Å²) in [5.41, 5.74) is 1.34. The second-order valence-electron chi connectivity index (χ2n) is 6.98. The molecule has 0 saturated carbocycles. The second-order valence-corrected chi connectivity index (χ2v) is 6.98. The number of ketones is 1. The van der Waals surface area contributed by atoms with Crippen molar-refractivity contribution in [2.24, 2.45) is 5.92 Å². The van der Waals surface area contributed by atoms with E-state index in [1.165, 1.54) is 10.8 Å². The van der Waals surface area contributed by atoms with Crippen molar-refractivity contribution in [2.45, 2.75) is 26.3 Å². The zero-order chi connectivity index (χ0) is 19.1. The molecular weight excluding hydrogens is 346 g/mol. The number of fused-ring (bicyclic) bond motifs is 3. The third kappa shape index (κ3) is 2.95. The minimum atomic E-state index is -0.522. The van der Waals surface area contributed by atoms with Gasteiger partial charge < -0.3 is 4.74 Å². The molecule has 0 saturated heterocycles. The first-order valence-electron chi connectivity index (χ1n) is 8.78. The van der Waals surface area contributed by atoms with Crippen LogP contribution in [0.25, 0.3) is 11.0 Å². The van der Waals surface area contributed by atoms with E-state index in [0.29, 0.717) is 35.0 Å². The summed E-state index contributed by atoms with van der Waals surface area (Å²) < 4.78 is 6.58. The van der Waals surface area contributed by atoms with Crippen molar-refractivity contribution < 1.29 is 9.53 Å². The van der Waals surface area contributed by atoms with Crippen LogP contribution in [0.3, 0.4) is 0 Å². The Bertz CT molecular complexity index is 1160. The Labute approximate surface area is 154 Å². The molecule has 4 rings (SSSR count). The van der Waals surface area contributed by atoms with Crippen LogP contribution >= 0.6 is 0 Å². The number of carbonyl (C=O) groups is 1. The number of ether oxygens (including phenoxy) is 1. The third-order valence-corrected chi connectivity index (χ3v) is 5.00. The summed E-state index contributed by atoms with van der Waals surface area (Å²) in [6.07, 6.45) is 2.56. The first kappa shape index (κ1) is 17.2. The lowest BCUT2D eigenvalue weighted by Crippen LogP contribution is -2.33. The topological polar surface area (TPSA) is 94.1 Å². The van der Waals surface area contributed by atoms with Gasteiger partial charge in [-0.05, 0) is 35.6 Å². The maximum Gasteiger partial charge on any atom is 0.330 e. The highest BCUT2D eigenvalue weighted by molar-refractivity contribution is 6.02. The van der Waals surface area contributed by atoms with Crippen LogP contribution in [0, 0.1) is 5.92 Å². The Hall–Kier alpha value is -3.22. The summed E-state index contributed by atoms with van der Waals surface area (Å²) in [5.74, 6) is 0.861. The van der Waals surface area contributed by atoms with Crippen LogP contribution < -0.4 is 16.0 Å². The number of rotatable bonds is 3. The van der Waals surface area contributed by atoms with E-state index >= 15 is 0 Å². The Morgan fingerprint density at radius 1 is 1.19 bits per heavy atom. The van der Waals surface area contributed by atoms with Crippen molar-refractivity contribution in [1.82, 2.24) is 14.5 Å². The van der Waals surface area contributed by atoms with Gasteiger partial charge in [0.15, 0.2) is 5.78 Å². The number of aromatic amines is 1. The fourth-order valence-electron chi connectivity index (χ4n) is 3.66. The van der Waals surface area contributed by atoms with Crippen LogP contribution in [-0.4, -0.2) is 27.4 Å². The van der Waals surface area contributed by atoms with E-state index in [-0.39, 0.29) is 18.2 Å². The smallest absolute Gasteiger partial charge is 0.330 e. The van der Waals surface area contributed by atoms with Crippen LogP contribution in [0.15, 0.2) is 40.1 Å². The van der Waals surface area contributed by atoms with Gasteiger partial charge in [-0.2, -0.15) is 0 Å². The van der Waals surface area contributed by atoms with Crippen LogP contribution in [0.2, 0.25) is 0 Å². The van der Waals surface area contributed by atoms with Gasteiger partial charge in [0.2, 0.25) is 0 Å². The molecule has 3 aromatic rings. The molecule has 27 heavy (non-hydrogen) atoms. The fourth-order valence-corrected chi connectivity index (χ4v) is 3.66. The van der Waals surface area contributed by atoms with Gasteiger partial charge in [-0.15, -0.1) is 0 Å². The molecule has 0 fully saturated rings. The summed E-state index contributed by atoms with van der Waals surface area (Å²) in [6, 6.07) is 7.33. The molecule has 0 amide bonds. The number of carbonyl (C=O) groups excluding carboxylic acids is 1. The predicted octanol–water partition coefficient (Wildman–Crippen LogP) is 1.91. The van der Waals surface area contributed by atoms with Gasteiger partial charge >= 0.3 is 5.69 Å². The van der Waals surface area contributed by atoms with Crippen LogP contribution in [0.1, 0.15) is 34.8 Å². The molecule has 0 bridgehead atoms. The van der Waals surface area contributed by atoms with Gasteiger partial charge in [0.1, 0.15) is 11.4 Å². The molecule has 138 valence electrons. The molecule has 1 aromatic carbocycles. The minimum Gasteiger partial charge on any atom is -0.497 e. The molecule has 1 atom stereocenters. The summed E-state index contributed by atoms with van der Waals surface area (Å²) in [5, 5.41) is 0.334. The number of aromatic nitrogens is 3. The zero-order valence-corrected chi connectivity index (χ0v) is 15.1. The van der Waals surface area contributed by atoms with E-state index in [4.69, 9.17) is 4.74 Å². The van der Waals surface area contributed by atoms with E-state index in [0.717, 1.165) is 11.3 Å². The average molecular weight is 365 g/mol. The van der Waals surface area contributed by atoms with Gasteiger partial charge in [0.25, 0.3) is 5.56 Å². The lowest BCUT2D eigenvalue weighted by Gasteiger charge is -2.21. The number of H-pyrrole nitrogens is 1. The van der Waals surface area contributed by atoms with Gasteiger partial charge in [-0.1, -0.05) is 19.1 Å². The molecule has 0 unspecified atom stereocenters. The number of methoxy groups -OCH3 is 1. The van der Waals surface area contributed by atoms with Crippen molar-refractivity contribution in [3.8, 4) is 5.75 Å². The number of nitrogens with one attached hydrogen (secondary N) is 1. The quantitative estimate of drug-likeness (QED) is 0.765. The van der Waals surface area contributed by atoms with Crippen LogP contribution in [0.4, 0.5) is 0 Å². The highest BCUT2D eigenvalue weighted by atomic mass is 16.5. The van der Waals surface area contributed by atoms with E-state index in [1.54, 1.807) is 7.11 Å². The Balaban J connectivity index is 1.91. The van der Waals surface area contributed by atoms with Gasteiger partial charge in [-0.25, -0.2) is 9.78 Å². The summed E-state index contributed by atoms with van der Waals surface area (Å²) in [4.78, 5) is 44.0. The number of benzene rings is 1. The monoisotopic (exact) mass is 365 g/mol. The van der Waals surface area contributed by atoms with Crippen molar-refractivity contribution in [1.29, 1.82) is 0 Å². The molecule has 0 radical (unpaired) electrons. The summed E-state index contributed by atoms with van der Waals surface area (Å²) in [7, 11) is 1.59. The first-order chi connectivity index (χ1) is 13.0. The lowest BCUT2D eigenvalue weighted by molar-refractivity contribution is 0.0953. The van der Waals surface area contributed by atoms with Gasteiger partial charge in [0, 0.05) is 18.2 Å². The molecule has 7 nitrogen and oxygen atoms in total. The number of hydrogen-bond donors (Lipinski definition) is 1. The fraction of sp³-hybridized carbons (Fsp3) is 0.300. The van der Waals surface area contributed by atoms with E-state index in [2.05, 4.69) is 9.97 Å². The third-order valence-electron chi connectivity index (χ3n) is 5.00. The zero-order valence-electron chi connectivity index (χ0n) is 15.1. The predicted molar refractivity (Wildman–Crippen MR) is 101 cm³/mol. The van der Waals surface area contributed by atoms with Gasteiger partial charge in [-0.3, -0.25) is 19.1 Å². The minimum absolute atomic E-state index is 0.00884. The molecule has 1 aliphatic carbocycles. The lowest BCUT2D eigenvalue weighted by atomic mass is 9.84. The molecule has 1 N–H and O–H groups in total. The van der Waals surface area contributed by atoms with Crippen LogP contribution in [0.5, 0.6) is 5.75 Å². The normalized spacial score (nSPS) is 16.4. The van der Waals surface area contributed by atoms with Gasteiger partial charge in [0.05, 0.1) is 19.0 Å². The molecule has 2 aromatic heterocycles.